The molecule has 1 aromatic heterocycles. The van der Waals surface area contributed by atoms with Crippen molar-refractivity contribution in [2.45, 2.75) is 70.8 Å². The average Bonchev–Trinajstić information content (AvgIpc) is 3.06. The molecule has 0 radical (unpaired) electrons. The molecule has 1 aliphatic carbocycles. The van der Waals surface area contributed by atoms with Gasteiger partial charge in [0.05, 0.1) is 23.6 Å². The Hall–Kier alpha value is -3.26. The first-order valence-corrected chi connectivity index (χ1v) is 12.0. The van der Waals surface area contributed by atoms with Gasteiger partial charge in [0, 0.05) is 11.1 Å². The number of halogens is 3. The number of carbonyl (C=O) groups is 1. The third kappa shape index (κ3) is 5.59. The fourth-order valence-corrected chi connectivity index (χ4v) is 4.79. The first-order chi connectivity index (χ1) is 17.0. The van der Waals surface area contributed by atoms with Crippen molar-refractivity contribution < 1.29 is 27.8 Å². The van der Waals surface area contributed by atoms with Crippen LogP contribution in [0.2, 0.25) is 0 Å². The number of carboxylic acids is 1. The van der Waals surface area contributed by atoms with E-state index >= 15 is 0 Å². The van der Waals surface area contributed by atoms with Gasteiger partial charge in [-0.1, -0.05) is 30.7 Å². The lowest BCUT2D eigenvalue weighted by molar-refractivity contribution is -0.163. The first kappa shape index (κ1) is 25.8. The Bertz CT molecular complexity index is 1250. The smallest absolute Gasteiger partial charge is 0.416 e. The van der Waals surface area contributed by atoms with E-state index in [1.807, 2.05) is 12.1 Å². The number of fused-ring (bicyclic) bond motifs is 1. The Morgan fingerprint density at radius 2 is 1.67 bits per heavy atom. The number of hydrogen-bond acceptors (Lipinski definition) is 4. The molecule has 36 heavy (non-hydrogen) atoms. The quantitative estimate of drug-likeness (QED) is 0.382. The minimum atomic E-state index is -4.79. The number of benzene rings is 2. The maximum absolute atomic E-state index is 14.4. The van der Waals surface area contributed by atoms with Gasteiger partial charge in [0.1, 0.15) is 0 Å². The van der Waals surface area contributed by atoms with Crippen molar-refractivity contribution in [1.29, 1.82) is 0 Å². The molecule has 0 spiro atoms. The predicted molar refractivity (Wildman–Crippen MR) is 130 cm³/mol. The Morgan fingerprint density at radius 1 is 0.944 bits per heavy atom. The van der Waals surface area contributed by atoms with Crippen LogP contribution < -0.4 is 0 Å². The summed E-state index contributed by atoms with van der Waals surface area (Å²) in [7, 11) is 0. The van der Waals surface area contributed by atoms with E-state index in [1.54, 1.807) is 32.9 Å². The fraction of sp³-hybridized carbons (Fsp3) is 0.393. The van der Waals surface area contributed by atoms with Crippen molar-refractivity contribution >= 4 is 5.97 Å². The summed E-state index contributed by atoms with van der Waals surface area (Å²) in [5.74, 6) is -1.49. The van der Waals surface area contributed by atoms with Crippen LogP contribution >= 0.6 is 0 Å². The molecule has 1 N–H and O–H groups in total. The van der Waals surface area contributed by atoms with Crippen LogP contribution in [0.25, 0.3) is 22.3 Å². The van der Waals surface area contributed by atoms with Crippen LogP contribution in [0.4, 0.5) is 13.2 Å². The molecule has 1 aliphatic rings. The molecular weight excluding hydrogens is 469 g/mol. The zero-order valence-electron chi connectivity index (χ0n) is 20.5. The molecule has 4 rings (SSSR count). The third-order valence-electron chi connectivity index (χ3n) is 6.29. The highest BCUT2D eigenvalue weighted by Gasteiger charge is 2.41. The first-order valence-electron chi connectivity index (χ1n) is 12.0. The predicted octanol–water partition coefficient (Wildman–Crippen LogP) is 7.04. The summed E-state index contributed by atoms with van der Waals surface area (Å²) in [5, 5.41) is 17.8. The van der Waals surface area contributed by atoms with E-state index in [2.05, 4.69) is 10.2 Å². The van der Waals surface area contributed by atoms with Crippen LogP contribution in [0.5, 0.6) is 0 Å². The van der Waals surface area contributed by atoms with E-state index < -0.39 is 35.0 Å². The highest BCUT2D eigenvalue weighted by Crippen LogP contribution is 2.46. The van der Waals surface area contributed by atoms with Crippen molar-refractivity contribution in [3.63, 3.8) is 0 Å². The average molecular weight is 499 g/mol. The van der Waals surface area contributed by atoms with Gasteiger partial charge in [-0.25, -0.2) is 4.79 Å². The molecule has 0 saturated heterocycles. The minimum Gasteiger partial charge on any atom is -0.479 e. The van der Waals surface area contributed by atoms with Crippen molar-refractivity contribution in [2.75, 3.05) is 0 Å². The van der Waals surface area contributed by atoms with E-state index in [4.69, 9.17) is 4.74 Å². The molecule has 0 fully saturated rings. The second-order valence-electron chi connectivity index (χ2n) is 10.1. The molecule has 5 nitrogen and oxygen atoms in total. The Balaban J connectivity index is 2.09. The number of nitrogens with zero attached hydrogens (tertiary/aromatic N) is 2. The number of rotatable bonds is 5. The van der Waals surface area contributed by atoms with Gasteiger partial charge in [-0.05, 0) is 86.4 Å². The second-order valence-corrected chi connectivity index (χ2v) is 10.1. The van der Waals surface area contributed by atoms with Crippen molar-refractivity contribution in [3.05, 3.63) is 71.0 Å². The molecule has 0 amide bonds. The SMILES string of the molecule is CC(C)(C)OC(C(=O)O)c1c(C(F)(F)F)ccc(-c2ccnnc2)c1-c1ccc2c(c1)CCCCC2. The van der Waals surface area contributed by atoms with Gasteiger partial charge >= 0.3 is 12.1 Å². The highest BCUT2D eigenvalue weighted by atomic mass is 19.4. The molecule has 1 heterocycles. The van der Waals surface area contributed by atoms with E-state index in [0.29, 0.717) is 16.7 Å². The number of aromatic nitrogens is 2. The summed E-state index contributed by atoms with van der Waals surface area (Å²) >= 11 is 0. The van der Waals surface area contributed by atoms with Crippen LogP contribution in [0.1, 0.15) is 68.4 Å². The van der Waals surface area contributed by atoms with Gasteiger partial charge in [-0.15, -0.1) is 0 Å². The van der Waals surface area contributed by atoms with Gasteiger partial charge in [0.25, 0.3) is 0 Å². The summed E-state index contributed by atoms with van der Waals surface area (Å²) in [6.45, 7) is 4.86. The molecule has 1 unspecified atom stereocenters. The van der Waals surface area contributed by atoms with Crippen molar-refractivity contribution in [2.24, 2.45) is 0 Å². The number of aryl methyl sites for hydroxylation is 2. The topological polar surface area (TPSA) is 72.3 Å². The van der Waals surface area contributed by atoms with Gasteiger partial charge < -0.3 is 9.84 Å². The summed E-state index contributed by atoms with van der Waals surface area (Å²) in [5.41, 5.74) is 1.48. The lowest BCUT2D eigenvalue weighted by atomic mass is 9.84. The molecule has 190 valence electrons. The van der Waals surface area contributed by atoms with Gasteiger partial charge in [-0.2, -0.15) is 23.4 Å². The Labute approximate surface area is 208 Å². The monoisotopic (exact) mass is 498 g/mol. The van der Waals surface area contributed by atoms with Crippen LogP contribution in [-0.4, -0.2) is 26.9 Å². The minimum absolute atomic E-state index is 0.182. The summed E-state index contributed by atoms with van der Waals surface area (Å²) in [6.07, 6.45) is 1.17. The number of carboxylic acid groups (broad SMARTS) is 1. The number of alkyl halides is 3. The van der Waals surface area contributed by atoms with E-state index in [0.717, 1.165) is 43.7 Å². The van der Waals surface area contributed by atoms with Crippen LogP contribution in [0.15, 0.2) is 48.8 Å². The van der Waals surface area contributed by atoms with E-state index in [-0.39, 0.29) is 5.56 Å². The van der Waals surface area contributed by atoms with E-state index in [9.17, 15) is 23.1 Å². The second kappa shape index (κ2) is 10.0. The molecule has 0 aliphatic heterocycles. The molecule has 0 bridgehead atoms. The summed E-state index contributed by atoms with van der Waals surface area (Å²) in [4.78, 5) is 12.5. The molecule has 1 atom stereocenters. The highest BCUT2D eigenvalue weighted by molar-refractivity contribution is 5.90. The van der Waals surface area contributed by atoms with Gasteiger partial charge in [0.2, 0.25) is 0 Å². The molecule has 0 saturated carbocycles. The standard InChI is InChI=1S/C28H29F3N2O3/c1-27(2,3)36-25(26(34)35)24-22(28(29,30)31)12-11-21(20-13-14-32-33-16-20)23(24)19-10-9-17-7-5-4-6-8-18(17)15-19/h9-16,25H,4-8H2,1-3H3,(H,34,35). The van der Waals surface area contributed by atoms with Crippen LogP contribution in [-0.2, 0) is 28.5 Å². The zero-order chi connectivity index (χ0) is 26.1. The lowest BCUT2D eigenvalue weighted by Gasteiger charge is -2.30. The van der Waals surface area contributed by atoms with Gasteiger partial charge in [-0.3, -0.25) is 0 Å². The Kier molecular flexibility index (Phi) is 7.18. The molecule has 2 aromatic carbocycles. The fourth-order valence-electron chi connectivity index (χ4n) is 4.79. The van der Waals surface area contributed by atoms with Crippen LogP contribution in [0, 0.1) is 0 Å². The van der Waals surface area contributed by atoms with Crippen molar-refractivity contribution in [1.82, 2.24) is 10.2 Å². The van der Waals surface area contributed by atoms with Crippen molar-refractivity contribution in [3.8, 4) is 22.3 Å². The maximum Gasteiger partial charge on any atom is 0.416 e. The molecule has 3 aromatic rings. The molecular formula is C28H29F3N2O3. The molecule has 8 heteroatoms. The number of ether oxygens (including phenoxy) is 1. The normalized spacial score (nSPS) is 15.2. The van der Waals surface area contributed by atoms with Gasteiger partial charge in [0.15, 0.2) is 6.10 Å². The number of aliphatic carboxylic acids is 1. The number of hydrogen-bond donors (Lipinski definition) is 1. The maximum atomic E-state index is 14.4. The lowest BCUT2D eigenvalue weighted by Crippen LogP contribution is -2.29. The van der Waals surface area contributed by atoms with E-state index in [1.165, 1.54) is 24.0 Å². The zero-order valence-corrected chi connectivity index (χ0v) is 20.5. The summed E-state index contributed by atoms with van der Waals surface area (Å²) < 4.78 is 49.0. The largest absolute Gasteiger partial charge is 0.479 e. The van der Waals surface area contributed by atoms with Crippen LogP contribution in [0.3, 0.4) is 0 Å². The third-order valence-corrected chi connectivity index (χ3v) is 6.29. The Morgan fingerprint density at radius 3 is 2.28 bits per heavy atom. The summed E-state index contributed by atoms with van der Waals surface area (Å²) in [6, 6.07) is 9.60.